The number of amides is 1. The summed E-state index contributed by atoms with van der Waals surface area (Å²) >= 11 is 0. The summed E-state index contributed by atoms with van der Waals surface area (Å²) in [6.07, 6.45) is 4.42. The number of pyridine rings is 1. The number of halogens is 1. The third-order valence-corrected chi connectivity index (χ3v) is 7.29. The highest BCUT2D eigenvalue weighted by Gasteiger charge is 2.22. The van der Waals surface area contributed by atoms with Crippen LogP contribution >= 0.6 is 0 Å². The van der Waals surface area contributed by atoms with Crippen molar-refractivity contribution < 1.29 is 17.6 Å². The Morgan fingerprint density at radius 1 is 1.09 bits per heavy atom. The van der Waals surface area contributed by atoms with Gasteiger partial charge in [0.2, 0.25) is 10.0 Å². The quantitative estimate of drug-likeness (QED) is 0.566. The van der Waals surface area contributed by atoms with Crippen LogP contribution in [0.15, 0.2) is 53.4 Å². The van der Waals surface area contributed by atoms with E-state index in [1.54, 1.807) is 43.3 Å². The number of benzene rings is 2. The van der Waals surface area contributed by atoms with E-state index in [0.29, 0.717) is 35.1 Å². The number of hydrogen-bond acceptors (Lipinski definition) is 4. The third kappa shape index (κ3) is 5.14. The topological polar surface area (TPSA) is 88.2 Å². The number of nitrogens with one attached hydrogen (secondary N) is 2. The molecule has 1 aliphatic carbocycles. The molecule has 0 saturated heterocycles. The number of carbonyl (C=O) groups is 1. The number of nitrogens with zero attached hydrogens (tertiary/aromatic N) is 1. The minimum Gasteiger partial charge on any atom is -0.352 e. The summed E-state index contributed by atoms with van der Waals surface area (Å²) in [7, 11) is -3.52. The monoisotopic (exact) mass is 455 g/mol. The zero-order valence-corrected chi connectivity index (χ0v) is 18.7. The Kier molecular flexibility index (Phi) is 6.53. The van der Waals surface area contributed by atoms with Gasteiger partial charge in [0.05, 0.1) is 16.0 Å². The Morgan fingerprint density at radius 3 is 2.53 bits per heavy atom. The smallest absolute Gasteiger partial charge is 0.252 e. The maximum atomic E-state index is 13.7. The average molecular weight is 456 g/mol. The molecule has 6 nitrogen and oxygen atoms in total. The summed E-state index contributed by atoms with van der Waals surface area (Å²) in [6, 6.07) is 12.6. The molecule has 0 radical (unpaired) electrons. The van der Waals surface area contributed by atoms with Gasteiger partial charge in [-0.25, -0.2) is 17.5 Å². The summed E-state index contributed by atoms with van der Waals surface area (Å²) in [4.78, 5) is 17.3. The molecule has 1 aliphatic rings. The first-order valence-electron chi connectivity index (χ1n) is 10.8. The van der Waals surface area contributed by atoms with Crippen molar-refractivity contribution in [1.82, 2.24) is 15.0 Å². The van der Waals surface area contributed by atoms with E-state index in [2.05, 4.69) is 15.0 Å². The van der Waals surface area contributed by atoms with Gasteiger partial charge in [0.15, 0.2) is 0 Å². The van der Waals surface area contributed by atoms with Gasteiger partial charge in [0, 0.05) is 23.7 Å². The van der Waals surface area contributed by atoms with Crippen LogP contribution in [-0.2, 0) is 16.4 Å². The number of rotatable bonds is 7. The number of carbonyl (C=O) groups excluding carboxylic acids is 1. The van der Waals surface area contributed by atoms with Gasteiger partial charge in [-0.2, -0.15) is 0 Å². The Balaban J connectivity index is 1.38. The Bertz CT molecular complexity index is 1240. The van der Waals surface area contributed by atoms with Crippen molar-refractivity contribution in [1.29, 1.82) is 0 Å². The van der Waals surface area contributed by atoms with Gasteiger partial charge in [-0.3, -0.25) is 9.78 Å². The van der Waals surface area contributed by atoms with E-state index in [9.17, 15) is 17.6 Å². The standard InChI is InChI=1S/C24H26FN3O3S/c1-16-14-22(21-15-18(25)8-11-23(21)27-16)24(29)26-13-12-17-6-9-20(10-7-17)32(30,31)28-19-4-2-3-5-19/h6-11,14-15,19,28H,2-5,12-13H2,1H3,(H,26,29). The third-order valence-electron chi connectivity index (χ3n) is 5.75. The lowest BCUT2D eigenvalue weighted by atomic mass is 10.1. The van der Waals surface area contributed by atoms with Crippen LogP contribution in [0.2, 0.25) is 0 Å². The van der Waals surface area contributed by atoms with Gasteiger partial charge in [-0.05, 0) is 68.1 Å². The number of fused-ring (bicyclic) bond motifs is 1. The van der Waals surface area contributed by atoms with Crippen molar-refractivity contribution in [3.8, 4) is 0 Å². The maximum Gasteiger partial charge on any atom is 0.252 e. The summed E-state index contributed by atoms with van der Waals surface area (Å²) in [5.41, 5.74) is 2.54. The molecule has 2 aromatic carbocycles. The van der Waals surface area contributed by atoms with Gasteiger partial charge in [-0.1, -0.05) is 25.0 Å². The summed E-state index contributed by atoms with van der Waals surface area (Å²) in [5.74, 6) is -0.722. The van der Waals surface area contributed by atoms with Crippen molar-refractivity contribution in [2.24, 2.45) is 0 Å². The molecule has 0 aliphatic heterocycles. The molecule has 1 saturated carbocycles. The van der Waals surface area contributed by atoms with Crippen molar-refractivity contribution >= 4 is 26.8 Å². The lowest BCUT2D eigenvalue weighted by Gasteiger charge is -2.13. The van der Waals surface area contributed by atoms with E-state index in [-0.39, 0.29) is 16.8 Å². The minimum atomic E-state index is -3.52. The molecule has 8 heteroatoms. The van der Waals surface area contributed by atoms with Crippen molar-refractivity contribution in [3.63, 3.8) is 0 Å². The molecular weight excluding hydrogens is 429 g/mol. The van der Waals surface area contributed by atoms with Crippen molar-refractivity contribution in [3.05, 3.63) is 71.2 Å². The predicted molar refractivity (Wildman–Crippen MR) is 121 cm³/mol. The molecule has 4 rings (SSSR count). The van der Waals surface area contributed by atoms with Crippen LogP contribution in [0.25, 0.3) is 10.9 Å². The molecule has 1 aromatic heterocycles. The second-order valence-electron chi connectivity index (χ2n) is 8.23. The predicted octanol–water partition coefficient (Wildman–Crippen LogP) is 3.88. The van der Waals surface area contributed by atoms with Gasteiger partial charge in [0.25, 0.3) is 5.91 Å². The first kappa shape index (κ1) is 22.4. The van der Waals surface area contributed by atoms with Gasteiger partial charge in [0.1, 0.15) is 5.82 Å². The molecule has 32 heavy (non-hydrogen) atoms. The molecule has 1 fully saturated rings. The molecular formula is C24H26FN3O3S. The molecule has 1 heterocycles. The fraction of sp³-hybridized carbons (Fsp3) is 0.333. The Hall–Kier alpha value is -2.84. The highest BCUT2D eigenvalue weighted by molar-refractivity contribution is 7.89. The molecule has 0 unspecified atom stereocenters. The van der Waals surface area contributed by atoms with Crippen LogP contribution in [0.1, 0.15) is 47.3 Å². The van der Waals surface area contributed by atoms with Crippen LogP contribution in [-0.4, -0.2) is 31.9 Å². The fourth-order valence-corrected chi connectivity index (χ4v) is 5.41. The molecule has 0 spiro atoms. The summed E-state index contributed by atoms with van der Waals surface area (Å²) in [5, 5.41) is 3.33. The van der Waals surface area contributed by atoms with E-state index in [0.717, 1.165) is 31.2 Å². The molecule has 2 N–H and O–H groups in total. The van der Waals surface area contributed by atoms with Crippen LogP contribution in [0.4, 0.5) is 4.39 Å². The van der Waals surface area contributed by atoms with E-state index in [1.165, 1.54) is 12.1 Å². The summed E-state index contributed by atoms with van der Waals surface area (Å²) in [6.45, 7) is 2.15. The van der Waals surface area contributed by atoms with E-state index >= 15 is 0 Å². The second-order valence-corrected chi connectivity index (χ2v) is 9.94. The van der Waals surface area contributed by atoms with Crippen LogP contribution < -0.4 is 10.0 Å². The van der Waals surface area contributed by atoms with Crippen molar-refractivity contribution in [2.75, 3.05) is 6.54 Å². The molecule has 0 atom stereocenters. The average Bonchev–Trinajstić information content (AvgIpc) is 3.26. The minimum absolute atomic E-state index is 0.0243. The highest BCUT2D eigenvalue weighted by Crippen LogP contribution is 2.21. The molecule has 3 aromatic rings. The Labute approximate surface area is 187 Å². The lowest BCUT2D eigenvalue weighted by molar-refractivity contribution is 0.0955. The number of sulfonamides is 1. The first-order valence-corrected chi connectivity index (χ1v) is 12.3. The highest BCUT2D eigenvalue weighted by atomic mass is 32.2. The first-order chi connectivity index (χ1) is 15.3. The van der Waals surface area contributed by atoms with Gasteiger partial charge >= 0.3 is 0 Å². The Morgan fingerprint density at radius 2 is 1.81 bits per heavy atom. The number of aromatic nitrogens is 1. The maximum absolute atomic E-state index is 13.7. The zero-order chi connectivity index (χ0) is 22.7. The van der Waals surface area contributed by atoms with Crippen LogP contribution in [0, 0.1) is 12.7 Å². The lowest BCUT2D eigenvalue weighted by Crippen LogP contribution is -2.32. The largest absolute Gasteiger partial charge is 0.352 e. The fourth-order valence-electron chi connectivity index (χ4n) is 4.10. The van der Waals surface area contributed by atoms with Gasteiger partial charge < -0.3 is 5.32 Å². The van der Waals surface area contributed by atoms with Crippen molar-refractivity contribution in [2.45, 2.75) is 50.0 Å². The molecule has 168 valence electrons. The number of aryl methyl sites for hydroxylation is 1. The van der Waals surface area contributed by atoms with E-state index in [4.69, 9.17) is 0 Å². The summed E-state index contributed by atoms with van der Waals surface area (Å²) < 4.78 is 41.5. The number of hydrogen-bond donors (Lipinski definition) is 2. The zero-order valence-electron chi connectivity index (χ0n) is 17.9. The SMILES string of the molecule is Cc1cc(C(=O)NCCc2ccc(S(=O)(=O)NC3CCCC3)cc2)c2cc(F)ccc2n1. The van der Waals surface area contributed by atoms with Gasteiger partial charge in [-0.15, -0.1) is 0 Å². The van der Waals surface area contributed by atoms with Crippen LogP contribution in [0.5, 0.6) is 0 Å². The van der Waals surface area contributed by atoms with E-state index < -0.39 is 15.8 Å². The van der Waals surface area contributed by atoms with E-state index in [1.807, 2.05) is 0 Å². The van der Waals surface area contributed by atoms with Crippen LogP contribution in [0.3, 0.4) is 0 Å². The second kappa shape index (κ2) is 9.34. The molecule has 1 amide bonds. The normalized spacial score (nSPS) is 14.7. The molecule has 0 bridgehead atoms.